The third-order valence-corrected chi connectivity index (χ3v) is 8.47. The smallest absolute Gasteiger partial charge is 0.267 e. The number of ether oxygens (including phenoxy) is 2. The van der Waals surface area contributed by atoms with Crippen LogP contribution in [0, 0.1) is 5.82 Å². The zero-order chi connectivity index (χ0) is 30.1. The lowest BCUT2D eigenvalue weighted by atomic mass is 10.1. The zero-order valence-electron chi connectivity index (χ0n) is 23.0. The van der Waals surface area contributed by atoms with Crippen LogP contribution in [0.2, 0.25) is 0 Å². The van der Waals surface area contributed by atoms with Gasteiger partial charge >= 0.3 is 0 Å². The molecule has 6 rings (SSSR count). The van der Waals surface area contributed by atoms with Gasteiger partial charge in [-0.25, -0.2) is 27.3 Å². The van der Waals surface area contributed by atoms with E-state index < -0.39 is 15.8 Å². The molecule has 1 saturated heterocycles. The van der Waals surface area contributed by atoms with Crippen molar-refractivity contribution in [2.24, 2.45) is 0 Å². The molecule has 1 aliphatic rings. The van der Waals surface area contributed by atoms with E-state index >= 15 is 0 Å². The van der Waals surface area contributed by atoms with Crippen LogP contribution in [-0.2, 0) is 14.8 Å². The summed E-state index contributed by atoms with van der Waals surface area (Å²) in [6.45, 7) is 2.88. The van der Waals surface area contributed by atoms with Crippen LogP contribution < -0.4 is 25.7 Å². The number of nitrogen functional groups attached to an aromatic ring is 1. The molecule has 0 saturated carbocycles. The summed E-state index contributed by atoms with van der Waals surface area (Å²) in [5, 5.41) is 0.280. The molecule has 1 fully saturated rings. The molecule has 0 bridgehead atoms. The van der Waals surface area contributed by atoms with Gasteiger partial charge in [-0.05, 0) is 66.2 Å². The van der Waals surface area contributed by atoms with E-state index in [4.69, 9.17) is 15.2 Å². The Kier molecular flexibility index (Phi) is 7.42. The molecule has 0 unspecified atom stereocenters. The zero-order valence-corrected chi connectivity index (χ0v) is 23.8. The quantitative estimate of drug-likeness (QED) is 0.284. The van der Waals surface area contributed by atoms with Gasteiger partial charge in [0.2, 0.25) is 11.8 Å². The summed E-state index contributed by atoms with van der Waals surface area (Å²) in [5.74, 6) is -0.707. The van der Waals surface area contributed by atoms with Gasteiger partial charge in [-0.15, -0.1) is 0 Å². The number of nitrogens with zero attached hydrogens (tertiary/aromatic N) is 4. The van der Waals surface area contributed by atoms with Crippen molar-refractivity contribution in [3.05, 3.63) is 95.2 Å². The van der Waals surface area contributed by atoms with Crippen molar-refractivity contribution >= 4 is 38.2 Å². The molecule has 0 spiro atoms. The summed E-state index contributed by atoms with van der Waals surface area (Å²) >= 11 is 0. The summed E-state index contributed by atoms with van der Waals surface area (Å²) in [4.78, 5) is 24.3. The number of benzene rings is 3. The highest BCUT2D eigenvalue weighted by molar-refractivity contribution is 7.92. The number of hydrogen-bond donors (Lipinski definition) is 2. The first-order valence-electron chi connectivity index (χ1n) is 13.3. The van der Waals surface area contributed by atoms with E-state index in [0.29, 0.717) is 35.5 Å². The number of morpholine rings is 1. The molecule has 13 heteroatoms. The topological polar surface area (TPSA) is 142 Å². The highest BCUT2D eigenvalue weighted by Crippen LogP contribution is 2.30. The number of sulfonamides is 1. The van der Waals surface area contributed by atoms with Gasteiger partial charge in [-0.2, -0.15) is 0 Å². The maximum absolute atomic E-state index is 13.7. The Hall–Kier alpha value is -5.01. The van der Waals surface area contributed by atoms with E-state index in [2.05, 4.69) is 19.6 Å². The van der Waals surface area contributed by atoms with Gasteiger partial charge in [0.25, 0.3) is 15.6 Å². The number of halogens is 1. The number of rotatable bonds is 7. The van der Waals surface area contributed by atoms with Crippen molar-refractivity contribution in [1.29, 1.82) is 0 Å². The fourth-order valence-corrected chi connectivity index (χ4v) is 6.16. The van der Waals surface area contributed by atoms with Gasteiger partial charge in [0.15, 0.2) is 0 Å². The summed E-state index contributed by atoms with van der Waals surface area (Å²) < 4.78 is 54.5. The molecule has 3 heterocycles. The first-order valence-corrected chi connectivity index (χ1v) is 14.8. The Morgan fingerprint density at radius 2 is 1.72 bits per heavy atom. The second-order valence-corrected chi connectivity index (χ2v) is 11.5. The third kappa shape index (κ3) is 5.59. The molecule has 3 N–H and O–H groups in total. The molecule has 0 amide bonds. The number of hydrogen-bond acceptors (Lipinski definition) is 9. The van der Waals surface area contributed by atoms with Gasteiger partial charge < -0.3 is 20.1 Å². The molecular weight excluding hydrogens is 575 g/mol. The highest BCUT2D eigenvalue weighted by Gasteiger charge is 2.23. The van der Waals surface area contributed by atoms with Gasteiger partial charge in [0.05, 0.1) is 42.6 Å². The van der Waals surface area contributed by atoms with Crippen LogP contribution in [0.4, 0.5) is 21.7 Å². The average molecular weight is 603 g/mol. The highest BCUT2D eigenvalue weighted by atomic mass is 32.2. The molecule has 11 nitrogen and oxygen atoms in total. The Morgan fingerprint density at radius 1 is 0.977 bits per heavy atom. The van der Waals surface area contributed by atoms with E-state index in [-0.39, 0.29) is 33.4 Å². The van der Waals surface area contributed by atoms with Crippen LogP contribution in [0.25, 0.3) is 27.7 Å². The maximum Gasteiger partial charge on any atom is 0.267 e. The molecule has 3 aromatic carbocycles. The number of nitrogens with one attached hydrogen (secondary N) is 1. The molecular formula is C30H27FN6O5S. The minimum atomic E-state index is -4.22. The Labute approximate surface area is 246 Å². The lowest BCUT2D eigenvalue weighted by Crippen LogP contribution is -2.36. The lowest BCUT2D eigenvalue weighted by Gasteiger charge is -2.29. The molecule has 0 atom stereocenters. The molecule has 220 valence electrons. The second-order valence-electron chi connectivity index (χ2n) is 9.81. The monoisotopic (exact) mass is 602 g/mol. The summed E-state index contributed by atoms with van der Waals surface area (Å²) in [5.41, 5.74) is 8.76. The first kappa shape index (κ1) is 28.1. The van der Waals surface area contributed by atoms with E-state index in [9.17, 15) is 17.6 Å². The summed E-state index contributed by atoms with van der Waals surface area (Å²) in [6.07, 6.45) is 1.44. The van der Waals surface area contributed by atoms with Crippen LogP contribution in [0.5, 0.6) is 5.88 Å². The van der Waals surface area contributed by atoms with E-state index in [1.165, 1.54) is 42.1 Å². The number of aromatic nitrogens is 3. The Bertz CT molecular complexity index is 1990. The third-order valence-electron chi connectivity index (χ3n) is 7.09. The van der Waals surface area contributed by atoms with Crippen LogP contribution >= 0.6 is 0 Å². The summed E-state index contributed by atoms with van der Waals surface area (Å²) in [7, 11) is -2.93. The molecule has 0 radical (unpaired) electrons. The number of methoxy groups -OCH3 is 1. The Balaban J connectivity index is 1.38. The molecule has 0 aliphatic carbocycles. The van der Waals surface area contributed by atoms with E-state index in [0.717, 1.165) is 24.8 Å². The maximum atomic E-state index is 13.7. The summed E-state index contributed by atoms with van der Waals surface area (Å²) in [6, 6.07) is 18.9. The standard InChI is InChI=1S/C30H27FN6O5S/c1-41-28-27(43(39,40)35-22-4-2-3-21(31)17-22)16-20(18-33-28)19-5-10-26-25(15-19)29(38)37(30(32)34-26)24-8-6-23(7-9-24)36-11-13-42-14-12-36/h2-10,15-18,35H,11-14H2,1H3,(H2,32,34). The normalized spacial score (nSPS) is 13.7. The number of nitrogens with two attached hydrogens (primary N) is 1. The number of pyridine rings is 1. The van der Waals surface area contributed by atoms with Gasteiger partial charge in [0, 0.05) is 30.5 Å². The number of anilines is 3. The van der Waals surface area contributed by atoms with Crippen LogP contribution in [0.1, 0.15) is 0 Å². The van der Waals surface area contributed by atoms with Crippen LogP contribution in [0.15, 0.2) is 88.7 Å². The predicted octanol–water partition coefficient (Wildman–Crippen LogP) is 3.82. The fourth-order valence-electron chi connectivity index (χ4n) is 4.96. The molecule has 2 aromatic heterocycles. The SMILES string of the molecule is COc1ncc(-c2ccc3nc(N)n(-c4ccc(N5CCOCC5)cc4)c(=O)c3c2)cc1S(=O)(=O)Nc1cccc(F)c1. The molecule has 5 aromatic rings. The van der Waals surface area contributed by atoms with Gasteiger partial charge in [-0.3, -0.25) is 9.52 Å². The predicted molar refractivity (Wildman–Crippen MR) is 162 cm³/mol. The average Bonchev–Trinajstić information content (AvgIpc) is 3.01. The lowest BCUT2D eigenvalue weighted by molar-refractivity contribution is 0.122. The second kappa shape index (κ2) is 11.3. The van der Waals surface area contributed by atoms with Crippen molar-refractivity contribution < 1.29 is 22.3 Å². The molecule has 1 aliphatic heterocycles. The van der Waals surface area contributed by atoms with Crippen LogP contribution in [-0.4, -0.2) is 56.4 Å². The largest absolute Gasteiger partial charge is 0.480 e. The molecule has 43 heavy (non-hydrogen) atoms. The minimum absolute atomic E-state index is 0.0345. The van der Waals surface area contributed by atoms with Gasteiger partial charge in [0.1, 0.15) is 10.7 Å². The number of fused-ring (bicyclic) bond motifs is 1. The Morgan fingerprint density at radius 3 is 2.44 bits per heavy atom. The van der Waals surface area contributed by atoms with E-state index in [1.807, 2.05) is 24.3 Å². The van der Waals surface area contributed by atoms with Crippen molar-refractivity contribution in [1.82, 2.24) is 14.5 Å². The van der Waals surface area contributed by atoms with Crippen molar-refractivity contribution in [3.63, 3.8) is 0 Å². The van der Waals surface area contributed by atoms with Crippen LogP contribution in [0.3, 0.4) is 0 Å². The fraction of sp³-hybridized carbons (Fsp3) is 0.167. The van der Waals surface area contributed by atoms with E-state index in [1.54, 1.807) is 18.2 Å². The van der Waals surface area contributed by atoms with Gasteiger partial charge in [-0.1, -0.05) is 12.1 Å². The van der Waals surface area contributed by atoms with Crippen molar-refractivity contribution in [2.45, 2.75) is 4.90 Å². The first-order chi connectivity index (χ1) is 20.7. The van der Waals surface area contributed by atoms with Crippen molar-refractivity contribution in [3.8, 4) is 22.7 Å². The van der Waals surface area contributed by atoms with Crippen molar-refractivity contribution in [2.75, 3.05) is 48.8 Å². The minimum Gasteiger partial charge on any atom is -0.480 e.